The Balaban J connectivity index is 1.92. The van der Waals surface area contributed by atoms with Gasteiger partial charge in [-0.1, -0.05) is 23.7 Å². The van der Waals surface area contributed by atoms with Gasteiger partial charge in [-0.3, -0.25) is 0 Å². The van der Waals surface area contributed by atoms with Crippen molar-refractivity contribution in [2.24, 2.45) is 0 Å². The molecule has 0 unspecified atom stereocenters. The Kier molecular flexibility index (Phi) is 2.64. The average Bonchev–Trinajstić information content (AvgIpc) is 2.73. The second-order valence-electron chi connectivity index (χ2n) is 4.02. The van der Waals surface area contributed by atoms with Crippen molar-refractivity contribution in [3.63, 3.8) is 0 Å². The minimum Gasteiger partial charge on any atom is -0.508 e. The smallest absolute Gasteiger partial charge is 0.156 e. The molecular weight excluding hydrogens is 250 g/mol. The van der Waals surface area contributed by atoms with E-state index in [1.165, 1.54) is 0 Å². The van der Waals surface area contributed by atoms with Crippen LogP contribution < -0.4 is 0 Å². The third-order valence-electron chi connectivity index (χ3n) is 2.64. The molecule has 2 heterocycles. The van der Waals surface area contributed by atoms with Crippen LogP contribution in [0.15, 0.2) is 42.6 Å². The van der Waals surface area contributed by atoms with Crippen LogP contribution in [0.5, 0.6) is 5.75 Å². The van der Waals surface area contributed by atoms with Gasteiger partial charge in [-0.05, 0) is 29.8 Å². The summed E-state index contributed by atoms with van der Waals surface area (Å²) in [5.74, 6) is 0.983. The zero-order valence-corrected chi connectivity index (χ0v) is 10.2. The van der Waals surface area contributed by atoms with Gasteiger partial charge in [0.25, 0.3) is 0 Å². The fourth-order valence-electron chi connectivity index (χ4n) is 1.78. The quantitative estimate of drug-likeness (QED) is 0.770. The first kappa shape index (κ1) is 11.0. The molecule has 0 spiro atoms. The number of aromatic nitrogens is 3. The van der Waals surface area contributed by atoms with E-state index in [0.717, 1.165) is 17.0 Å². The van der Waals surface area contributed by atoms with Gasteiger partial charge in [0, 0.05) is 12.6 Å². The zero-order chi connectivity index (χ0) is 12.5. The molecule has 0 amide bonds. The summed E-state index contributed by atoms with van der Waals surface area (Å²) in [5.41, 5.74) is 1.82. The first-order valence-electron chi connectivity index (χ1n) is 5.49. The van der Waals surface area contributed by atoms with Gasteiger partial charge < -0.3 is 5.11 Å². The van der Waals surface area contributed by atoms with Crippen LogP contribution in [0.25, 0.3) is 5.65 Å². The van der Waals surface area contributed by atoms with Crippen molar-refractivity contribution in [2.75, 3.05) is 0 Å². The Morgan fingerprint density at radius 3 is 2.67 bits per heavy atom. The first-order chi connectivity index (χ1) is 8.70. The number of rotatable bonds is 2. The lowest BCUT2D eigenvalue weighted by Crippen LogP contribution is -1.91. The van der Waals surface area contributed by atoms with Gasteiger partial charge in [0.1, 0.15) is 5.75 Å². The molecule has 0 aliphatic carbocycles. The van der Waals surface area contributed by atoms with Crippen LogP contribution in [0, 0.1) is 0 Å². The highest BCUT2D eigenvalue weighted by molar-refractivity contribution is 6.30. The van der Waals surface area contributed by atoms with Crippen LogP contribution in [-0.4, -0.2) is 19.7 Å². The molecule has 0 saturated heterocycles. The maximum Gasteiger partial charge on any atom is 0.156 e. The van der Waals surface area contributed by atoms with E-state index in [1.807, 2.05) is 18.2 Å². The molecule has 90 valence electrons. The van der Waals surface area contributed by atoms with E-state index < -0.39 is 0 Å². The fraction of sp³-hybridized carbons (Fsp3) is 0.0769. The number of halogens is 1. The van der Waals surface area contributed by atoms with Crippen LogP contribution in [0.3, 0.4) is 0 Å². The summed E-state index contributed by atoms with van der Waals surface area (Å²) < 4.78 is 1.66. The van der Waals surface area contributed by atoms with Crippen molar-refractivity contribution in [3.8, 4) is 5.75 Å². The van der Waals surface area contributed by atoms with Gasteiger partial charge in [-0.25, -0.2) is 9.50 Å². The van der Waals surface area contributed by atoms with E-state index in [0.29, 0.717) is 11.4 Å². The number of benzene rings is 1. The van der Waals surface area contributed by atoms with E-state index in [2.05, 4.69) is 10.1 Å². The number of fused-ring (bicyclic) bond motifs is 1. The number of aromatic hydroxyl groups is 1. The van der Waals surface area contributed by atoms with Crippen molar-refractivity contribution in [3.05, 3.63) is 59.0 Å². The van der Waals surface area contributed by atoms with E-state index in [4.69, 9.17) is 11.6 Å². The third kappa shape index (κ3) is 2.15. The molecule has 0 saturated carbocycles. The molecule has 2 aromatic heterocycles. The molecule has 3 rings (SSSR count). The van der Waals surface area contributed by atoms with E-state index in [9.17, 15) is 5.11 Å². The minimum absolute atomic E-state index is 0.258. The van der Waals surface area contributed by atoms with Gasteiger partial charge in [-0.2, -0.15) is 5.10 Å². The van der Waals surface area contributed by atoms with Crippen molar-refractivity contribution in [1.29, 1.82) is 0 Å². The fourth-order valence-corrected chi connectivity index (χ4v) is 1.93. The van der Waals surface area contributed by atoms with Gasteiger partial charge >= 0.3 is 0 Å². The maximum atomic E-state index is 9.22. The van der Waals surface area contributed by atoms with Crippen LogP contribution in [0.1, 0.15) is 11.4 Å². The molecular formula is C13H10ClN3O. The van der Waals surface area contributed by atoms with Crippen molar-refractivity contribution >= 4 is 17.2 Å². The Morgan fingerprint density at radius 2 is 1.89 bits per heavy atom. The first-order valence-corrected chi connectivity index (χ1v) is 5.87. The molecule has 0 atom stereocenters. The van der Waals surface area contributed by atoms with Crippen LogP contribution in [-0.2, 0) is 6.42 Å². The van der Waals surface area contributed by atoms with Gasteiger partial charge in [-0.15, -0.1) is 0 Å². The normalized spacial score (nSPS) is 10.9. The van der Waals surface area contributed by atoms with Gasteiger partial charge in [0.2, 0.25) is 0 Å². The second kappa shape index (κ2) is 4.31. The Labute approximate surface area is 108 Å². The average molecular weight is 260 g/mol. The summed E-state index contributed by atoms with van der Waals surface area (Å²) in [6.07, 6.45) is 2.35. The van der Waals surface area contributed by atoms with Crippen LogP contribution in [0.2, 0.25) is 5.02 Å². The summed E-state index contributed by atoms with van der Waals surface area (Å²) >= 11 is 5.89. The number of nitrogens with zero attached hydrogens (tertiary/aromatic N) is 3. The van der Waals surface area contributed by atoms with Gasteiger partial charge in [0.15, 0.2) is 11.5 Å². The van der Waals surface area contributed by atoms with E-state index in [1.54, 1.807) is 28.9 Å². The second-order valence-corrected chi connectivity index (χ2v) is 4.46. The summed E-state index contributed by atoms with van der Waals surface area (Å²) in [5, 5.41) is 14.2. The lowest BCUT2D eigenvalue weighted by Gasteiger charge is -1.96. The molecule has 3 aromatic rings. The zero-order valence-electron chi connectivity index (χ0n) is 9.42. The standard InChI is InChI=1S/C13H10ClN3O/c14-10-3-6-13-15-12(16-17(13)8-10)7-9-1-4-11(18)5-2-9/h1-6,8,18H,7H2. The molecule has 0 fully saturated rings. The Morgan fingerprint density at radius 1 is 1.11 bits per heavy atom. The molecule has 4 nitrogen and oxygen atoms in total. The SMILES string of the molecule is Oc1ccc(Cc2nc3ccc(Cl)cn3n2)cc1. The maximum absolute atomic E-state index is 9.22. The summed E-state index contributed by atoms with van der Waals surface area (Å²) in [6, 6.07) is 10.6. The van der Waals surface area contributed by atoms with Crippen LogP contribution in [0.4, 0.5) is 0 Å². The molecule has 0 aliphatic heterocycles. The van der Waals surface area contributed by atoms with Gasteiger partial charge in [0.05, 0.1) is 5.02 Å². The summed E-state index contributed by atoms with van der Waals surface area (Å²) in [4.78, 5) is 4.40. The van der Waals surface area contributed by atoms with E-state index >= 15 is 0 Å². The lowest BCUT2D eigenvalue weighted by atomic mass is 10.1. The molecule has 1 aromatic carbocycles. The van der Waals surface area contributed by atoms with E-state index in [-0.39, 0.29) is 5.75 Å². The number of hydrogen-bond acceptors (Lipinski definition) is 3. The third-order valence-corrected chi connectivity index (χ3v) is 2.86. The molecule has 1 N–H and O–H groups in total. The Bertz CT molecular complexity index is 691. The Hall–Kier alpha value is -2.07. The number of phenols is 1. The number of pyridine rings is 1. The highest BCUT2D eigenvalue weighted by Gasteiger charge is 2.05. The molecule has 0 bridgehead atoms. The predicted octanol–water partition coefficient (Wildman–Crippen LogP) is 2.68. The number of hydrogen-bond donors (Lipinski definition) is 1. The highest BCUT2D eigenvalue weighted by atomic mass is 35.5. The molecule has 18 heavy (non-hydrogen) atoms. The lowest BCUT2D eigenvalue weighted by molar-refractivity contribution is 0.475. The minimum atomic E-state index is 0.258. The van der Waals surface area contributed by atoms with Crippen molar-refractivity contribution in [2.45, 2.75) is 6.42 Å². The number of phenolic OH excluding ortho intramolecular Hbond substituents is 1. The molecule has 0 aliphatic rings. The van der Waals surface area contributed by atoms with Crippen LogP contribution >= 0.6 is 11.6 Å². The monoisotopic (exact) mass is 259 g/mol. The largest absolute Gasteiger partial charge is 0.508 e. The summed E-state index contributed by atoms with van der Waals surface area (Å²) in [7, 11) is 0. The highest BCUT2D eigenvalue weighted by Crippen LogP contribution is 2.14. The van der Waals surface area contributed by atoms with Crippen molar-refractivity contribution in [1.82, 2.24) is 14.6 Å². The predicted molar refractivity (Wildman–Crippen MR) is 68.9 cm³/mol. The topological polar surface area (TPSA) is 50.4 Å². The molecule has 0 radical (unpaired) electrons. The summed E-state index contributed by atoms with van der Waals surface area (Å²) in [6.45, 7) is 0. The molecule has 5 heteroatoms. The van der Waals surface area contributed by atoms with Crippen molar-refractivity contribution < 1.29 is 5.11 Å².